The molecule has 0 amide bonds. The molecule has 0 unspecified atom stereocenters. The van der Waals surface area contributed by atoms with E-state index in [1.165, 1.54) is 0 Å². The molecule has 1 aliphatic heterocycles. The third-order valence-electron chi connectivity index (χ3n) is 4.58. The topological polar surface area (TPSA) is 50.3 Å². The molecule has 0 bridgehead atoms. The van der Waals surface area contributed by atoms with Crippen molar-refractivity contribution in [3.63, 3.8) is 0 Å². The predicted octanol–water partition coefficient (Wildman–Crippen LogP) is 4.62. The zero-order chi connectivity index (χ0) is 18.3. The van der Waals surface area contributed by atoms with Gasteiger partial charge in [0.05, 0.1) is 11.2 Å². The van der Waals surface area contributed by atoms with Crippen LogP contribution in [0.5, 0.6) is 0 Å². The molecule has 2 aromatic carbocycles. The van der Waals surface area contributed by atoms with Gasteiger partial charge in [0.15, 0.2) is 0 Å². The normalized spacial score (nSPS) is 17.8. The lowest BCUT2D eigenvalue weighted by molar-refractivity contribution is 0.590. The molecule has 0 saturated carbocycles. The van der Waals surface area contributed by atoms with Gasteiger partial charge in [-0.05, 0) is 43.2 Å². The van der Waals surface area contributed by atoms with Crippen LogP contribution in [0, 0.1) is 6.92 Å². The number of hydrogen-bond donors (Lipinski definition) is 0. The van der Waals surface area contributed by atoms with Crippen molar-refractivity contribution in [2.24, 2.45) is 0 Å². The number of benzene rings is 2. The molecule has 4 rings (SSSR count). The van der Waals surface area contributed by atoms with E-state index in [-0.39, 0.29) is 4.90 Å². The van der Waals surface area contributed by atoms with Crippen molar-refractivity contribution < 1.29 is 8.42 Å². The maximum Gasteiger partial charge on any atom is 0.266 e. The molecule has 4 nitrogen and oxygen atoms in total. The van der Waals surface area contributed by atoms with Gasteiger partial charge in [0.25, 0.3) is 10.0 Å². The lowest BCUT2D eigenvalue weighted by Crippen LogP contribution is -2.32. The van der Waals surface area contributed by atoms with Crippen molar-refractivity contribution in [3.05, 3.63) is 60.3 Å². The summed E-state index contributed by atoms with van der Waals surface area (Å²) in [7, 11) is -3.70. The first kappa shape index (κ1) is 17.4. The molecule has 0 fully saturated rings. The Balaban J connectivity index is 1.90. The predicted molar refractivity (Wildman–Crippen MR) is 107 cm³/mol. The van der Waals surface area contributed by atoms with Crippen LogP contribution in [0.2, 0.25) is 0 Å². The Bertz CT molecular complexity index is 1080. The largest absolute Gasteiger partial charge is 0.266 e. The van der Waals surface area contributed by atoms with Crippen molar-refractivity contribution in [1.29, 1.82) is 0 Å². The first-order valence-corrected chi connectivity index (χ1v) is 10.9. The van der Waals surface area contributed by atoms with E-state index in [2.05, 4.69) is 11.9 Å². The van der Waals surface area contributed by atoms with E-state index in [9.17, 15) is 8.42 Å². The Morgan fingerprint density at radius 3 is 2.81 bits per heavy atom. The fourth-order valence-electron chi connectivity index (χ4n) is 3.28. The highest BCUT2D eigenvalue weighted by Crippen LogP contribution is 2.40. The van der Waals surface area contributed by atoms with E-state index in [1.54, 1.807) is 34.4 Å². The molecular weight excluding hydrogens is 364 g/mol. The molecule has 1 atom stereocenters. The van der Waals surface area contributed by atoms with Crippen LogP contribution < -0.4 is 4.31 Å². The number of aryl methyl sites for hydroxylation is 1. The van der Waals surface area contributed by atoms with Crippen molar-refractivity contribution >= 4 is 38.4 Å². The maximum atomic E-state index is 13.6. The molecule has 0 aliphatic carbocycles. The van der Waals surface area contributed by atoms with Gasteiger partial charge in [0.1, 0.15) is 4.90 Å². The van der Waals surface area contributed by atoms with Crippen LogP contribution in [0.4, 0.5) is 5.69 Å². The second-order valence-corrected chi connectivity index (χ2v) is 9.91. The Morgan fingerprint density at radius 2 is 1.96 bits per heavy atom. The standard InChI is InChI=1S/C20H20N2O2S2/c1-14-12-16-6-5-9-19(20(16)21-13-14)26(23,24)22-11-10-15(2)25-18-8-4-3-7-17(18)22/h3-9,12-13,15H,10-11H2,1-2H3/t15-/m1/s1. The molecular formula is C20H20N2O2S2. The molecule has 0 spiro atoms. The summed E-state index contributed by atoms with van der Waals surface area (Å²) in [5.41, 5.74) is 2.30. The van der Waals surface area contributed by atoms with Crippen LogP contribution in [-0.2, 0) is 10.0 Å². The van der Waals surface area contributed by atoms with E-state index in [4.69, 9.17) is 0 Å². The molecule has 1 aromatic heterocycles. The number of anilines is 1. The third-order valence-corrected chi connectivity index (χ3v) is 7.66. The zero-order valence-corrected chi connectivity index (χ0v) is 16.3. The van der Waals surface area contributed by atoms with Crippen molar-refractivity contribution in [1.82, 2.24) is 4.98 Å². The number of aromatic nitrogens is 1. The third kappa shape index (κ3) is 2.97. The molecule has 0 radical (unpaired) electrons. The lowest BCUT2D eigenvalue weighted by atomic mass is 10.2. The van der Waals surface area contributed by atoms with Gasteiger partial charge < -0.3 is 0 Å². The Hall–Kier alpha value is -2.05. The maximum absolute atomic E-state index is 13.6. The van der Waals surface area contributed by atoms with E-state index < -0.39 is 10.0 Å². The van der Waals surface area contributed by atoms with Gasteiger partial charge in [-0.2, -0.15) is 0 Å². The van der Waals surface area contributed by atoms with Crippen LogP contribution in [0.25, 0.3) is 10.9 Å². The fraction of sp³-hybridized carbons (Fsp3) is 0.250. The summed E-state index contributed by atoms with van der Waals surface area (Å²) in [6, 6.07) is 15.1. The highest BCUT2D eigenvalue weighted by atomic mass is 32.2. The van der Waals surface area contributed by atoms with Gasteiger partial charge in [0.2, 0.25) is 0 Å². The number of sulfonamides is 1. The Kier molecular flexibility index (Phi) is 4.40. The van der Waals surface area contributed by atoms with Gasteiger partial charge in [0, 0.05) is 28.3 Å². The molecule has 2 heterocycles. The average Bonchev–Trinajstić information content (AvgIpc) is 2.79. The summed E-state index contributed by atoms with van der Waals surface area (Å²) >= 11 is 1.73. The monoisotopic (exact) mass is 384 g/mol. The van der Waals surface area contributed by atoms with E-state index in [1.807, 2.05) is 43.3 Å². The zero-order valence-electron chi connectivity index (χ0n) is 14.7. The number of nitrogens with zero attached hydrogens (tertiary/aromatic N) is 2. The van der Waals surface area contributed by atoms with Gasteiger partial charge in [-0.3, -0.25) is 9.29 Å². The summed E-state index contributed by atoms with van der Waals surface area (Å²) in [4.78, 5) is 5.70. The molecule has 6 heteroatoms. The SMILES string of the molecule is Cc1cnc2c(S(=O)(=O)N3CC[C@@H](C)Sc4ccccc43)cccc2c1. The first-order chi connectivity index (χ1) is 12.5. The molecule has 0 N–H and O–H groups in total. The molecule has 0 saturated heterocycles. The van der Waals surface area contributed by atoms with Crippen LogP contribution >= 0.6 is 11.8 Å². The van der Waals surface area contributed by atoms with E-state index >= 15 is 0 Å². The minimum absolute atomic E-state index is 0.268. The summed E-state index contributed by atoms with van der Waals surface area (Å²) in [6.07, 6.45) is 2.52. The minimum atomic E-state index is -3.70. The second-order valence-electron chi connectivity index (χ2n) is 6.60. The smallest absolute Gasteiger partial charge is 0.265 e. The molecule has 134 valence electrons. The second kappa shape index (κ2) is 6.59. The van der Waals surface area contributed by atoms with Crippen LogP contribution in [0.15, 0.2) is 64.5 Å². The number of pyridine rings is 1. The number of para-hydroxylation sites is 2. The first-order valence-electron chi connectivity index (χ1n) is 8.60. The van der Waals surface area contributed by atoms with E-state index in [0.29, 0.717) is 17.3 Å². The van der Waals surface area contributed by atoms with Gasteiger partial charge in [-0.1, -0.05) is 31.2 Å². The van der Waals surface area contributed by atoms with Crippen molar-refractivity contribution in [2.45, 2.75) is 35.3 Å². The lowest BCUT2D eigenvalue weighted by Gasteiger charge is -2.24. The molecule has 26 heavy (non-hydrogen) atoms. The van der Waals surface area contributed by atoms with E-state index in [0.717, 1.165) is 28.0 Å². The highest BCUT2D eigenvalue weighted by Gasteiger charge is 2.31. The quantitative estimate of drug-likeness (QED) is 0.647. The fourth-order valence-corrected chi connectivity index (χ4v) is 6.11. The summed E-state index contributed by atoms with van der Waals surface area (Å²) < 4.78 is 28.7. The van der Waals surface area contributed by atoms with Crippen LogP contribution in [0.3, 0.4) is 0 Å². The number of thioether (sulfide) groups is 1. The van der Waals surface area contributed by atoms with Crippen molar-refractivity contribution in [2.75, 3.05) is 10.8 Å². The Labute approximate surface area is 158 Å². The number of hydrogen-bond acceptors (Lipinski definition) is 4. The minimum Gasteiger partial charge on any atom is -0.265 e. The Morgan fingerprint density at radius 1 is 1.15 bits per heavy atom. The van der Waals surface area contributed by atoms with Crippen LogP contribution in [-0.4, -0.2) is 25.2 Å². The van der Waals surface area contributed by atoms with Gasteiger partial charge >= 0.3 is 0 Å². The average molecular weight is 385 g/mol. The summed E-state index contributed by atoms with van der Waals surface area (Å²) in [5.74, 6) is 0. The summed E-state index contributed by atoms with van der Waals surface area (Å²) in [5, 5.41) is 1.21. The van der Waals surface area contributed by atoms with Crippen molar-refractivity contribution in [3.8, 4) is 0 Å². The number of rotatable bonds is 2. The number of fused-ring (bicyclic) bond motifs is 2. The molecule has 3 aromatic rings. The summed E-state index contributed by atoms with van der Waals surface area (Å²) in [6.45, 7) is 4.56. The van der Waals surface area contributed by atoms with Gasteiger partial charge in [-0.15, -0.1) is 11.8 Å². The highest BCUT2D eigenvalue weighted by molar-refractivity contribution is 8.00. The van der Waals surface area contributed by atoms with Gasteiger partial charge in [-0.25, -0.2) is 8.42 Å². The van der Waals surface area contributed by atoms with Crippen LogP contribution in [0.1, 0.15) is 18.9 Å². The molecule has 1 aliphatic rings.